The molecule has 4 heteroatoms. The SMILES string of the molecule is CCCCCCc1cn(C2CCc3ccccc3[C@@H]2O)nn1. The first kappa shape index (κ1) is 15.2. The van der Waals surface area contributed by atoms with Gasteiger partial charge in [-0.3, -0.25) is 0 Å². The van der Waals surface area contributed by atoms with E-state index in [4.69, 9.17) is 0 Å². The van der Waals surface area contributed by atoms with Crippen LogP contribution >= 0.6 is 0 Å². The Morgan fingerprint density at radius 2 is 2.09 bits per heavy atom. The first-order valence-corrected chi connectivity index (χ1v) is 8.46. The number of rotatable bonds is 6. The maximum absolute atomic E-state index is 10.6. The van der Waals surface area contributed by atoms with E-state index in [2.05, 4.69) is 23.3 Å². The number of nitrogens with zero attached hydrogens (tertiary/aromatic N) is 3. The molecule has 1 unspecified atom stereocenters. The smallest absolute Gasteiger partial charge is 0.102 e. The number of aryl methyl sites for hydroxylation is 2. The summed E-state index contributed by atoms with van der Waals surface area (Å²) in [5.74, 6) is 0. The second kappa shape index (κ2) is 7.05. The Morgan fingerprint density at radius 3 is 2.95 bits per heavy atom. The van der Waals surface area contributed by atoms with E-state index in [1.807, 2.05) is 29.1 Å². The molecule has 0 amide bonds. The predicted molar refractivity (Wildman–Crippen MR) is 86.6 cm³/mol. The van der Waals surface area contributed by atoms with E-state index in [1.54, 1.807) is 0 Å². The Morgan fingerprint density at radius 1 is 1.23 bits per heavy atom. The highest BCUT2D eigenvalue weighted by Crippen LogP contribution is 2.36. The fraction of sp³-hybridized carbons (Fsp3) is 0.556. The largest absolute Gasteiger partial charge is 0.386 e. The van der Waals surface area contributed by atoms with Crippen LogP contribution in [0.25, 0.3) is 0 Å². The lowest BCUT2D eigenvalue weighted by atomic mass is 9.86. The summed E-state index contributed by atoms with van der Waals surface area (Å²) in [7, 11) is 0. The van der Waals surface area contributed by atoms with Crippen LogP contribution in [0.15, 0.2) is 30.5 Å². The van der Waals surface area contributed by atoms with Gasteiger partial charge in [0.1, 0.15) is 6.10 Å². The Labute approximate surface area is 132 Å². The molecule has 0 fully saturated rings. The molecule has 3 rings (SSSR count). The second-order valence-electron chi connectivity index (χ2n) is 6.25. The van der Waals surface area contributed by atoms with Crippen LogP contribution in [0.4, 0.5) is 0 Å². The highest BCUT2D eigenvalue weighted by Gasteiger charge is 2.29. The molecule has 22 heavy (non-hydrogen) atoms. The van der Waals surface area contributed by atoms with Gasteiger partial charge in [0.2, 0.25) is 0 Å². The van der Waals surface area contributed by atoms with Gasteiger partial charge in [0, 0.05) is 6.20 Å². The van der Waals surface area contributed by atoms with E-state index >= 15 is 0 Å². The van der Waals surface area contributed by atoms with Crippen LogP contribution in [0, 0.1) is 0 Å². The van der Waals surface area contributed by atoms with Gasteiger partial charge in [0.15, 0.2) is 0 Å². The number of hydrogen-bond acceptors (Lipinski definition) is 3. The normalized spacial score (nSPS) is 20.8. The standard InChI is InChI=1S/C18H25N3O/c1-2-3-4-5-9-15-13-21(20-19-15)17-12-11-14-8-6-7-10-16(14)18(17)22/h6-8,10,13,17-18,22H,2-5,9,11-12H2,1H3/t17?,18-/m0/s1. The van der Waals surface area contributed by atoms with Crippen molar-refractivity contribution in [2.75, 3.05) is 0 Å². The maximum atomic E-state index is 10.6. The third kappa shape index (κ3) is 3.22. The second-order valence-corrected chi connectivity index (χ2v) is 6.25. The first-order chi connectivity index (χ1) is 10.8. The van der Waals surface area contributed by atoms with Crippen molar-refractivity contribution in [2.45, 2.75) is 64.0 Å². The molecule has 1 aliphatic rings. The number of aliphatic hydroxyl groups excluding tert-OH is 1. The first-order valence-electron chi connectivity index (χ1n) is 8.46. The van der Waals surface area contributed by atoms with E-state index in [9.17, 15) is 5.11 Å². The van der Waals surface area contributed by atoms with Crippen molar-refractivity contribution in [3.63, 3.8) is 0 Å². The fourth-order valence-electron chi connectivity index (χ4n) is 3.32. The minimum Gasteiger partial charge on any atom is -0.386 e. The molecule has 2 atom stereocenters. The highest BCUT2D eigenvalue weighted by atomic mass is 16.3. The van der Waals surface area contributed by atoms with Crippen LogP contribution in [0.2, 0.25) is 0 Å². The molecule has 1 aromatic carbocycles. The van der Waals surface area contributed by atoms with E-state index in [-0.39, 0.29) is 6.04 Å². The highest BCUT2D eigenvalue weighted by molar-refractivity contribution is 5.32. The average Bonchev–Trinajstić information content (AvgIpc) is 3.01. The molecule has 0 spiro atoms. The Balaban J connectivity index is 1.66. The zero-order valence-electron chi connectivity index (χ0n) is 13.3. The van der Waals surface area contributed by atoms with E-state index in [0.29, 0.717) is 0 Å². The van der Waals surface area contributed by atoms with E-state index in [1.165, 1.54) is 31.2 Å². The van der Waals surface area contributed by atoms with Crippen molar-refractivity contribution in [1.29, 1.82) is 0 Å². The van der Waals surface area contributed by atoms with Gasteiger partial charge in [-0.25, -0.2) is 4.68 Å². The van der Waals surface area contributed by atoms with Gasteiger partial charge in [-0.1, -0.05) is 55.7 Å². The average molecular weight is 299 g/mol. The summed E-state index contributed by atoms with van der Waals surface area (Å²) in [6.07, 6.45) is 9.38. The van der Waals surface area contributed by atoms with Gasteiger partial charge in [-0.2, -0.15) is 0 Å². The van der Waals surface area contributed by atoms with Crippen LogP contribution in [-0.2, 0) is 12.8 Å². The van der Waals surface area contributed by atoms with Crippen LogP contribution in [-0.4, -0.2) is 20.1 Å². The molecule has 1 N–H and O–H groups in total. The number of aromatic nitrogens is 3. The van der Waals surface area contributed by atoms with Crippen molar-refractivity contribution in [3.05, 3.63) is 47.3 Å². The van der Waals surface area contributed by atoms with Crippen LogP contribution < -0.4 is 0 Å². The lowest BCUT2D eigenvalue weighted by molar-refractivity contribution is 0.0911. The van der Waals surface area contributed by atoms with Crippen molar-refractivity contribution < 1.29 is 5.11 Å². The molecule has 0 saturated carbocycles. The van der Waals surface area contributed by atoms with Gasteiger partial charge in [-0.15, -0.1) is 5.10 Å². The van der Waals surface area contributed by atoms with Gasteiger partial charge in [-0.05, 0) is 36.8 Å². The molecular weight excluding hydrogens is 274 g/mol. The lowest BCUT2D eigenvalue weighted by Gasteiger charge is -2.29. The van der Waals surface area contributed by atoms with Crippen LogP contribution in [0.1, 0.15) is 68.0 Å². The molecular formula is C18H25N3O. The molecule has 1 aromatic heterocycles. The number of hydrogen-bond donors (Lipinski definition) is 1. The molecule has 118 valence electrons. The number of aliphatic hydroxyl groups is 1. The molecule has 0 aliphatic heterocycles. The third-order valence-electron chi connectivity index (χ3n) is 4.63. The van der Waals surface area contributed by atoms with Crippen molar-refractivity contribution in [2.24, 2.45) is 0 Å². The van der Waals surface area contributed by atoms with Gasteiger partial charge >= 0.3 is 0 Å². The van der Waals surface area contributed by atoms with Crippen molar-refractivity contribution >= 4 is 0 Å². The summed E-state index contributed by atoms with van der Waals surface area (Å²) in [6, 6.07) is 8.16. The summed E-state index contributed by atoms with van der Waals surface area (Å²) in [4.78, 5) is 0. The Kier molecular flexibility index (Phi) is 4.88. The lowest BCUT2D eigenvalue weighted by Crippen LogP contribution is -2.24. The molecule has 2 aromatic rings. The van der Waals surface area contributed by atoms with Crippen molar-refractivity contribution in [1.82, 2.24) is 15.0 Å². The topological polar surface area (TPSA) is 50.9 Å². The molecule has 1 aliphatic carbocycles. The monoisotopic (exact) mass is 299 g/mol. The fourth-order valence-corrected chi connectivity index (χ4v) is 3.32. The number of unbranched alkanes of at least 4 members (excludes halogenated alkanes) is 3. The van der Waals surface area contributed by atoms with Gasteiger partial charge < -0.3 is 5.11 Å². The molecule has 0 saturated heterocycles. The summed E-state index contributed by atoms with van der Waals surface area (Å²) in [6.45, 7) is 2.22. The number of benzene rings is 1. The summed E-state index contributed by atoms with van der Waals surface area (Å²) in [5, 5.41) is 19.2. The minimum atomic E-state index is -0.486. The number of fused-ring (bicyclic) bond motifs is 1. The van der Waals surface area contributed by atoms with Crippen LogP contribution in [0.5, 0.6) is 0 Å². The molecule has 0 radical (unpaired) electrons. The zero-order chi connectivity index (χ0) is 15.4. The van der Waals surface area contributed by atoms with Crippen molar-refractivity contribution in [3.8, 4) is 0 Å². The predicted octanol–water partition coefficient (Wildman–Crippen LogP) is 3.62. The minimum absolute atomic E-state index is 0.00629. The van der Waals surface area contributed by atoms with E-state index in [0.717, 1.165) is 30.5 Å². The van der Waals surface area contributed by atoms with Gasteiger partial charge in [0.05, 0.1) is 11.7 Å². The maximum Gasteiger partial charge on any atom is 0.102 e. The third-order valence-corrected chi connectivity index (χ3v) is 4.63. The molecule has 1 heterocycles. The Hall–Kier alpha value is -1.68. The summed E-state index contributed by atoms with van der Waals surface area (Å²) < 4.78 is 1.87. The van der Waals surface area contributed by atoms with E-state index < -0.39 is 6.10 Å². The molecule has 4 nitrogen and oxygen atoms in total. The zero-order valence-corrected chi connectivity index (χ0v) is 13.3. The van der Waals surface area contributed by atoms with Crippen LogP contribution in [0.3, 0.4) is 0 Å². The Bertz CT molecular complexity index is 608. The van der Waals surface area contributed by atoms with Gasteiger partial charge in [0.25, 0.3) is 0 Å². The molecule has 0 bridgehead atoms. The quantitative estimate of drug-likeness (QED) is 0.829. The summed E-state index contributed by atoms with van der Waals surface area (Å²) >= 11 is 0. The summed E-state index contributed by atoms with van der Waals surface area (Å²) in [5.41, 5.74) is 3.34.